The number of rotatable bonds is 21. The standard InChI is InChI=1S/C40H50N2O4/c1-3-4-5-6-7-8-9-10-11-12-13-14-15-20-31-45-34-28-25-33(26-29-34)40(43)46-38-30-27-32-21-16-17-22-35(32)39(38)42-41-36-23-18-19-24-37(36)44-2/h16-19,21-30H,3-15,20,31H2,1-2H3. The molecule has 0 radical (unpaired) electrons. The molecule has 0 fully saturated rings. The Morgan fingerprint density at radius 3 is 1.89 bits per heavy atom. The minimum absolute atomic E-state index is 0.334. The third-order valence-corrected chi connectivity index (χ3v) is 8.27. The second-order valence-electron chi connectivity index (χ2n) is 11.9. The fraction of sp³-hybridized carbons (Fsp3) is 0.425. The molecule has 0 aliphatic rings. The number of fused-ring (bicyclic) bond motifs is 1. The van der Waals surface area contributed by atoms with Crippen LogP contribution < -0.4 is 14.2 Å². The van der Waals surface area contributed by atoms with E-state index in [1.165, 1.54) is 83.5 Å². The van der Waals surface area contributed by atoms with E-state index in [1.54, 1.807) is 25.3 Å². The number of carbonyl (C=O) groups excluding carboxylic acids is 1. The normalized spacial score (nSPS) is 11.3. The number of esters is 1. The van der Waals surface area contributed by atoms with E-state index in [0.717, 1.165) is 22.9 Å². The highest BCUT2D eigenvalue weighted by molar-refractivity contribution is 5.98. The number of hydrogen-bond donors (Lipinski definition) is 0. The van der Waals surface area contributed by atoms with Gasteiger partial charge >= 0.3 is 5.97 Å². The molecular weight excluding hydrogens is 572 g/mol. The summed E-state index contributed by atoms with van der Waals surface area (Å²) in [5.41, 5.74) is 1.50. The second-order valence-corrected chi connectivity index (χ2v) is 11.9. The summed E-state index contributed by atoms with van der Waals surface area (Å²) in [4.78, 5) is 13.1. The van der Waals surface area contributed by atoms with Gasteiger partial charge in [0, 0.05) is 5.39 Å². The first kappa shape index (κ1) is 34.7. The van der Waals surface area contributed by atoms with Crippen molar-refractivity contribution in [3.05, 3.63) is 90.5 Å². The maximum absolute atomic E-state index is 13.1. The highest BCUT2D eigenvalue weighted by Gasteiger charge is 2.15. The van der Waals surface area contributed by atoms with Gasteiger partial charge in [0.2, 0.25) is 0 Å². The number of hydrogen-bond acceptors (Lipinski definition) is 6. The quantitative estimate of drug-likeness (QED) is 0.0401. The van der Waals surface area contributed by atoms with Crippen LogP contribution in [0.15, 0.2) is 95.2 Å². The third-order valence-electron chi connectivity index (χ3n) is 8.27. The molecule has 0 aliphatic carbocycles. The monoisotopic (exact) mass is 622 g/mol. The van der Waals surface area contributed by atoms with Crippen LogP contribution >= 0.6 is 0 Å². The van der Waals surface area contributed by atoms with Crippen LogP contribution in [0.5, 0.6) is 17.2 Å². The average Bonchev–Trinajstić information content (AvgIpc) is 3.09. The van der Waals surface area contributed by atoms with Gasteiger partial charge in [0.05, 0.1) is 19.3 Å². The average molecular weight is 623 g/mol. The molecule has 4 rings (SSSR count). The van der Waals surface area contributed by atoms with Crippen LogP contribution in [0.4, 0.5) is 11.4 Å². The van der Waals surface area contributed by atoms with Crippen LogP contribution in [-0.4, -0.2) is 19.7 Å². The maximum Gasteiger partial charge on any atom is 0.343 e. The van der Waals surface area contributed by atoms with Gasteiger partial charge < -0.3 is 14.2 Å². The van der Waals surface area contributed by atoms with Crippen molar-refractivity contribution in [2.24, 2.45) is 10.2 Å². The number of unbranched alkanes of at least 4 members (excludes halogenated alkanes) is 13. The summed E-state index contributed by atoms with van der Waals surface area (Å²) in [6, 6.07) is 26.0. The Labute approximate surface area is 275 Å². The number of carbonyl (C=O) groups is 1. The first-order valence-electron chi connectivity index (χ1n) is 17.2. The number of nitrogens with zero attached hydrogens (tertiary/aromatic N) is 2. The molecule has 0 bridgehead atoms. The van der Waals surface area contributed by atoms with Gasteiger partial charge in [-0.05, 0) is 54.3 Å². The van der Waals surface area contributed by atoms with Crippen LogP contribution in [0.2, 0.25) is 0 Å². The Kier molecular flexibility index (Phi) is 15.1. The minimum Gasteiger partial charge on any atom is -0.494 e. The summed E-state index contributed by atoms with van der Waals surface area (Å²) in [5.74, 6) is 1.22. The zero-order valence-electron chi connectivity index (χ0n) is 27.7. The maximum atomic E-state index is 13.1. The van der Waals surface area contributed by atoms with E-state index in [1.807, 2.05) is 66.7 Å². The van der Waals surface area contributed by atoms with Gasteiger partial charge in [-0.1, -0.05) is 133 Å². The molecule has 0 aliphatic heterocycles. The highest BCUT2D eigenvalue weighted by atomic mass is 16.5. The Morgan fingerprint density at radius 2 is 1.22 bits per heavy atom. The fourth-order valence-corrected chi connectivity index (χ4v) is 5.57. The van der Waals surface area contributed by atoms with E-state index < -0.39 is 5.97 Å². The SMILES string of the molecule is CCCCCCCCCCCCCCCCOc1ccc(C(=O)Oc2ccc3ccccc3c2N=Nc2ccccc2OC)cc1. The van der Waals surface area contributed by atoms with Gasteiger partial charge in [-0.3, -0.25) is 0 Å². The number of methoxy groups -OCH3 is 1. The topological polar surface area (TPSA) is 69.5 Å². The number of azo groups is 1. The Hall–Kier alpha value is -4.19. The van der Waals surface area contributed by atoms with Gasteiger partial charge in [0.15, 0.2) is 5.75 Å². The zero-order chi connectivity index (χ0) is 32.2. The summed E-state index contributed by atoms with van der Waals surface area (Å²) < 4.78 is 17.2. The lowest BCUT2D eigenvalue weighted by atomic mass is 10.0. The molecule has 0 aromatic heterocycles. The molecule has 46 heavy (non-hydrogen) atoms. The second kappa shape index (κ2) is 20.0. The van der Waals surface area contributed by atoms with Gasteiger partial charge in [-0.2, -0.15) is 0 Å². The summed E-state index contributed by atoms with van der Waals surface area (Å²) in [6.45, 7) is 2.96. The number of benzene rings is 4. The Morgan fingerprint density at radius 1 is 0.609 bits per heavy atom. The van der Waals surface area contributed by atoms with Crippen molar-refractivity contribution in [1.82, 2.24) is 0 Å². The lowest BCUT2D eigenvalue weighted by Crippen LogP contribution is -2.08. The molecule has 0 amide bonds. The van der Waals surface area contributed by atoms with Gasteiger partial charge in [-0.15, -0.1) is 10.2 Å². The van der Waals surface area contributed by atoms with Crippen molar-refractivity contribution in [1.29, 1.82) is 0 Å². The molecule has 0 heterocycles. The summed E-state index contributed by atoms with van der Waals surface area (Å²) in [7, 11) is 1.59. The van der Waals surface area contributed by atoms with E-state index in [9.17, 15) is 4.79 Å². The van der Waals surface area contributed by atoms with Gasteiger partial charge in [-0.25, -0.2) is 4.79 Å². The molecule has 0 N–H and O–H groups in total. The predicted octanol–water partition coefficient (Wildman–Crippen LogP) is 12.3. The molecule has 4 aromatic rings. The molecule has 0 atom stereocenters. The third kappa shape index (κ3) is 11.3. The van der Waals surface area contributed by atoms with Crippen molar-refractivity contribution in [2.75, 3.05) is 13.7 Å². The Bertz CT molecular complexity index is 1500. The molecule has 0 saturated heterocycles. The molecule has 0 unspecified atom stereocenters. The van der Waals surface area contributed by atoms with E-state index in [4.69, 9.17) is 14.2 Å². The first-order valence-corrected chi connectivity index (χ1v) is 17.2. The summed E-state index contributed by atoms with van der Waals surface area (Å²) >= 11 is 0. The summed E-state index contributed by atoms with van der Waals surface area (Å²) in [5, 5.41) is 10.7. The fourth-order valence-electron chi connectivity index (χ4n) is 5.57. The highest BCUT2D eigenvalue weighted by Crippen LogP contribution is 2.38. The lowest BCUT2D eigenvalue weighted by Gasteiger charge is -2.11. The van der Waals surface area contributed by atoms with Crippen molar-refractivity contribution in [3.8, 4) is 17.2 Å². The van der Waals surface area contributed by atoms with E-state index >= 15 is 0 Å². The molecule has 244 valence electrons. The van der Waals surface area contributed by atoms with Crippen LogP contribution in [0.1, 0.15) is 107 Å². The van der Waals surface area contributed by atoms with Crippen LogP contribution in [0, 0.1) is 0 Å². The molecule has 0 spiro atoms. The number of para-hydroxylation sites is 1. The minimum atomic E-state index is -0.470. The van der Waals surface area contributed by atoms with Crippen molar-refractivity contribution < 1.29 is 19.0 Å². The molecular formula is C40H50N2O4. The lowest BCUT2D eigenvalue weighted by molar-refractivity contribution is 0.0735. The Balaban J connectivity index is 1.20. The van der Waals surface area contributed by atoms with Crippen LogP contribution in [0.3, 0.4) is 0 Å². The first-order chi connectivity index (χ1) is 22.7. The van der Waals surface area contributed by atoms with Crippen molar-refractivity contribution >= 4 is 28.1 Å². The van der Waals surface area contributed by atoms with E-state index in [2.05, 4.69) is 17.2 Å². The molecule has 6 heteroatoms. The molecule has 4 aromatic carbocycles. The van der Waals surface area contributed by atoms with Crippen molar-refractivity contribution in [3.63, 3.8) is 0 Å². The van der Waals surface area contributed by atoms with Gasteiger partial charge in [0.1, 0.15) is 22.9 Å². The van der Waals surface area contributed by atoms with Crippen LogP contribution in [0.25, 0.3) is 10.8 Å². The van der Waals surface area contributed by atoms with E-state index in [-0.39, 0.29) is 0 Å². The molecule has 6 nitrogen and oxygen atoms in total. The smallest absolute Gasteiger partial charge is 0.343 e. The van der Waals surface area contributed by atoms with E-state index in [0.29, 0.717) is 35.0 Å². The van der Waals surface area contributed by atoms with Crippen LogP contribution in [-0.2, 0) is 0 Å². The number of ether oxygens (including phenoxy) is 3. The largest absolute Gasteiger partial charge is 0.494 e. The molecule has 0 saturated carbocycles. The zero-order valence-corrected chi connectivity index (χ0v) is 27.7. The predicted molar refractivity (Wildman–Crippen MR) is 188 cm³/mol. The van der Waals surface area contributed by atoms with Gasteiger partial charge in [0.25, 0.3) is 0 Å². The summed E-state index contributed by atoms with van der Waals surface area (Å²) in [6.07, 6.45) is 18.7. The van der Waals surface area contributed by atoms with Crippen molar-refractivity contribution in [2.45, 2.75) is 96.8 Å².